The molecule has 1 N–H and O–H groups in total. The molecular weight excluding hydrogens is 375 g/mol. The van der Waals surface area contributed by atoms with Crippen LogP contribution in [0.4, 0.5) is 0 Å². The number of fused-ring (bicyclic) bond motifs is 1. The van der Waals surface area contributed by atoms with Gasteiger partial charge >= 0.3 is 0 Å². The van der Waals surface area contributed by atoms with Gasteiger partial charge in [0.25, 0.3) is 0 Å². The van der Waals surface area contributed by atoms with Crippen molar-refractivity contribution in [3.05, 3.63) is 48.5 Å². The smallest absolute Gasteiger partial charge is 0.0346 e. The number of benzene rings is 1. The second-order valence-corrected chi connectivity index (χ2v) is 2.22. The molecule has 0 bridgehead atoms. The molecule has 3 heteroatoms. The fraction of sp³-hybridized carbons (Fsp3) is 0.100. The van der Waals surface area contributed by atoms with E-state index in [1.165, 1.54) is 17.8 Å². The van der Waals surface area contributed by atoms with Gasteiger partial charge in [-0.15, -0.1) is 0 Å². The molecular formula is C10H11AcN2-. The van der Waals surface area contributed by atoms with Crippen molar-refractivity contribution in [3.8, 4) is 0 Å². The van der Waals surface area contributed by atoms with Crippen molar-refractivity contribution in [2.75, 3.05) is 7.05 Å². The largest absolute Gasteiger partial charge is 0.680 e. The van der Waals surface area contributed by atoms with Crippen molar-refractivity contribution in [2.24, 2.45) is 0 Å². The Morgan fingerprint density at radius 2 is 1.62 bits per heavy atom. The van der Waals surface area contributed by atoms with E-state index in [1.807, 2.05) is 30.6 Å². The third kappa shape index (κ3) is 3.72. The molecule has 0 fully saturated rings. The molecule has 0 amide bonds. The molecule has 0 saturated carbocycles. The van der Waals surface area contributed by atoms with E-state index in [0.29, 0.717) is 0 Å². The Bertz CT molecular complexity index is 284. The van der Waals surface area contributed by atoms with Gasteiger partial charge in [-0.2, -0.15) is 7.05 Å². The number of nitrogens with zero attached hydrogens (tertiary/aromatic N) is 1. The second kappa shape index (κ2) is 7.44. The molecule has 0 saturated heterocycles. The predicted octanol–water partition coefficient (Wildman–Crippen LogP) is 2.90. The molecule has 1 radical (unpaired) electrons. The Labute approximate surface area is 114 Å². The molecule has 0 aliphatic heterocycles. The summed E-state index contributed by atoms with van der Waals surface area (Å²) in [7, 11) is 1.25. The summed E-state index contributed by atoms with van der Waals surface area (Å²) < 4.78 is 0. The Morgan fingerprint density at radius 1 is 1.00 bits per heavy atom. The summed E-state index contributed by atoms with van der Waals surface area (Å²) in [6, 6.07) is 10.2. The van der Waals surface area contributed by atoms with Gasteiger partial charge in [-0.3, -0.25) is 4.98 Å². The zero-order chi connectivity index (χ0) is 8.81. The minimum atomic E-state index is 0. The van der Waals surface area contributed by atoms with Crippen LogP contribution in [0.3, 0.4) is 0 Å². The first-order chi connectivity index (χ1) is 5.97. The maximum atomic E-state index is 5.75. The third-order valence-corrected chi connectivity index (χ3v) is 1.55. The molecule has 2 rings (SSSR count). The fourth-order valence-electron chi connectivity index (χ4n) is 1.03. The topological polar surface area (TPSA) is 36.7 Å². The standard InChI is InChI=1S/C9H7N.CH4N.Ac/c1-2-4-9-7-10-6-5-8(9)3-1;1-2;/h1-7H;2H,1H3;/q;-1;. The van der Waals surface area contributed by atoms with Gasteiger partial charge in [-0.25, -0.2) is 0 Å². The maximum Gasteiger partial charge on any atom is 0.0346 e. The van der Waals surface area contributed by atoms with Crippen molar-refractivity contribution in [1.82, 2.24) is 4.98 Å². The average molecular weight is 386 g/mol. The van der Waals surface area contributed by atoms with Crippen LogP contribution in [0.1, 0.15) is 0 Å². The molecule has 1 aromatic heterocycles. The Balaban J connectivity index is 0.000000451. The summed E-state index contributed by atoms with van der Waals surface area (Å²) in [5.74, 6) is 0. The third-order valence-electron chi connectivity index (χ3n) is 1.55. The first kappa shape index (κ1) is 13.0. The normalized spacial score (nSPS) is 8.15. The van der Waals surface area contributed by atoms with Crippen molar-refractivity contribution in [1.29, 1.82) is 0 Å². The second-order valence-electron chi connectivity index (χ2n) is 2.22. The fourth-order valence-corrected chi connectivity index (χ4v) is 1.03. The molecule has 2 nitrogen and oxygen atoms in total. The van der Waals surface area contributed by atoms with Gasteiger partial charge in [-0.1, -0.05) is 24.3 Å². The van der Waals surface area contributed by atoms with Crippen molar-refractivity contribution >= 4 is 10.8 Å². The Kier molecular flexibility index (Phi) is 7.45. The summed E-state index contributed by atoms with van der Waals surface area (Å²) in [4.78, 5) is 4.01. The first-order valence-electron chi connectivity index (χ1n) is 3.75. The quantitative estimate of drug-likeness (QED) is 0.686. The van der Waals surface area contributed by atoms with E-state index >= 15 is 0 Å². The monoisotopic (exact) mass is 386 g/mol. The van der Waals surface area contributed by atoms with Gasteiger partial charge in [0.1, 0.15) is 0 Å². The molecule has 0 aliphatic carbocycles. The van der Waals surface area contributed by atoms with Crippen LogP contribution in [0, 0.1) is 44.1 Å². The number of hydrogen-bond donors (Lipinski definition) is 0. The van der Waals surface area contributed by atoms with Gasteiger partial charge in [-0.05, 0) is 16.8 Å². The van der Waals surface area contributed by atoms with E-state index in [4.69, 9.17) is 5.73 Å². The summed E-state index contributed by atoms with van der Waals surface area (Å²) in [5.41, 5.74) is 5.75. The van der Waals surface area contributed by atoms with E-state index < -0.39 is 0 Å². The Hall–Kier alpha value is 0.0316. The molecule has 1 heterocycles. The van der Waals surface area contributed by atoms with Gasteiger partial charge in [0.2, 0.25) is 0 Å². The van der Waals surface area contributed by atoms with Crippen LogP contribution in [0.25, 0.3) is 16.5 Å². The van der Waals surface area contributed by atoms with Gasteiger partial charge < -0.3 is 5.73 Å². The first-order valence-corrected chi connectivity index (χ1v) is 3.75. The SMILES string of the molecule is C[NH-].[Ac].c1ccc2cnccc2c1. The minimum Gasteiger partial charge on any atom is -0.680 e. The van der Waals surface area contributed by atoms with Crippen LogP contribution >= 0.6 is 0 Å². The molecule has 0 atom stereocenters. The predicted molar refractivity (Wildman–Crippen MR) is 52.0 cm³/mol. The zero-order valence-electron chi connectivity index (χ0n) is 7.57. The number of nitrogens with one attached hydrogen (secondary N) is 1. The molecule has 13 heavy (non-hydrogen) atoms. The van der Waals surface area contributed by atoms with Crippen LogP contribution in [0.15, 0.2) is 42.7 Å². The molecule has 2 aromatic rings. The van der Waals surface area contributed by atoms with E-state index in [-0.39, 0.29) is 44.1 Å². The Morgan fingerprint density at radius 3 is 2.23 bits per heavy atom. The van der Waals surface area contributed by atoms with Crippen LogP contribution in [-0.2, 0) is 0 Å². The molecule has 0 aliphatic rings. The van der Waals surface area contributed by atoms with E-state index in [1.54, 1.807) is 0 Å². The number of pyridine rings is 1. The van der Waals surface area contributed by atoms with Crippen molar-refractivity contribution < 1.29 is 44.1 Å². The number of rotatable bonds is 0. The van der Waals surface area contributed by atoms with Crippen LogP contribution < -0.4 is 0 Å². The number of hydrogen-bond acceptors (Lipinski definition) is 1. The molecule has 1 aromatic carbocycles. The molecule has 65 valence electrons. The zero-order valence-corrected chi connectivity index (χ0v) is 12.3. The van der Waals surface area contributed by atoms with Gasteiger partial charge in [0.05, 0.1) is 0 Å². The van der Waals surface area contributed by atoms with Crippen LogP contribution in [0.2, 0.25) is 0 Å². The van der Waals surface area contributed by atoms with Gasteiger partial charge in [0.15, 0.2) is 0 Å². The minimum absolute atomic E-state index is 0. The average Bonchev–Trinajstić information content (AvgIpc) is 2.21. The van der Waals surface area contributed by atoms with Crippen molar-refractivity contribution in [2.45, 2.75) is 0 Å². The van der Waals surface area contributed by atoms with Crippen molar-refractivity contribution in [3.63, 3.8) is 0 Å². The number of aromatic nitrogens is 1. The van der Waals surface area contributed by atoms with E-state index in [9.17, 15) is 0 Å². The summed E-state index contributed by atoms with van der Waals surface area (Å²) >= 11 is 0. The summed E-state index contributed by atoms with van der Waals surface area (Å²) in [5, 5.41) is 2.45. The van der Waals surface area contributed by atoms with Gasteiger partial charge in [0, 0.05) is 56.5 Å². The van der Waals surface area contributed by atoms with Crippen LogP contribution in [-0.4, -0.2) is 12.0 Å². The summed E-state index contributed by atoms with van der Waals surface area (Å²) in [6.45, 7) is 0. The maximum absolute atomic E-state index is 5.75. The molecule has 0 spiro atoms. The van der Waals surface area contributed by atoms with E-state index in [2.05, 4.69) is 17.1 Å². The van der Waals surface area contributed by atoms with E-state index in [0.717, 1.165) is 0 Å². The van der Waals surface area contributed by atoms with Crippen LogP contribution in [0.5, 0.6) is 0 Å². The molecule has 0 unspecified atom stereocenters. The summed E-state index contributed by atoms with van der Waals surface area (Å²) in [6.07, 6.45) is 3.68.